The third kappa shape index (κ3) is 5.35. The summed E-state index contributed by atoms with van der Waals surface area (Å²) < 4.78 is 23.4. The molecule has 1 fully saturated rings. The number of ether oxygens (including phenoxy) is 4. The fourth-order valence-electron chi connectivity index (χ4n) is 4.69. The van der Waals surface area contributed by atoms with E-state index in [1.54, 1.807) is 20.3 Å². The van der Waals surface area contributed by atoms with E-state index in [0.29, 0.717) is 26.1 Å². The van der Waals surface area contributed by atoms with Gasteiger partial charge in [-0.3, -0.25) is 0 Å². The number of benzene rings is 3. The Kier molecular flexibility index (Phi) is 7.77. The molecule has 7 heteroatoms. The van der Waals surface area contributed by atoms with Gasteiger partial charge in [-0.2, -0.15) is 0 Å². The zero-order chi connectivity index (χ0) is 24.8. The summed E-state index contributed by atoms with van der Waals surface area (Å²) in [7, 11) is 3.28. The molecule has 2 atom stereocenters. The molecule has 1 N–H and O–H groups in total. The van der Waals surface area contributed by atoms with Crippen LogP contribution in [0, 0.1) is 0 Å². The monoisotopic (exact) mass is 477 g/mol. The largest absolute Gasteiger partial charge is 0.496 e. The SMILES string of the molecule is C=CCOc1ccc(C2CCN(C(=O)O)CC2OCc2cc(OC)c3ccccc3c2OC)cc1. The first kappa shape index (κ1) is 24.4. The highest BCUT2D eigenvalue weighted by molar-refractivity contribution is 5.94. The lowest BCUT2D eigenvalue weighted by Crippen LogP contribution is -2.46. The number of likely N-dealkylation sites (tertiary alicyclic amines) is 1. The normalized spacial score (nSPS) is 17.7. The highest BCUT2D eigenvalue weighted by Crippen LogP contribution is 2.38. The van der Waals surface area contributed by atoms with Crippen LogP contribution < -0.4 is 14.2 Å². The Balaban J connectivity index is 1.60. The smallest absolute Gasteiger partial charge is 0.407 e. The first-order chi connectivity index (χ1) is 17.0. The van der Waals surface area contributed by atoms with Crippen molar-refractivity contribution in [1.82, 2.24) is 4.90 Å². The number of piperidine rings is 1. The lowest BCUT2D eigenvalue weighted by molar-refractivity contribution is -0.0204. The van der Waals surface area contributed by atoms with Crippen molar-refractivity contribution in [2.45, 2.75) is 25.0 Å². The minimum absolute atomic E-state index is 0.0485. The molecule has 4 rings (SSSR count). The number of fused-ring (bicyclic) bond motifs is 1. The van der Waals surface area contributed by atoms with Crippen LogP contribution >= 0.6 is 0 Å². The highest BCUT2D eigenvalue weighted by atomic mass is 16.5. The molecule has 0 aromatic heterocycles. The number of hydrogen-bond acceptors (Lipinski definition) is 5. The number of amides is 1. The van der Waals surface area contributed by atoms with Gasteiger partial charge in [0.05, 0.1) is 33.5 Å². The standard InChI is InChI=1S/C28H31NO6/c1-4-15-34-21-11-9-19(10-12-21)22-13-14-29(28(30)31)17-26(22)35-18-20-16-25(32-2)23-7-5-6-8-24(23)27(20)33-3/h4-12,16,22,26H,1,13-15,17-18H2,2-3H3,(H,30,31). The molecule has 1 heterocycles. The summed E-state index contributed by atoms with van der Waals surface area (Å²) in [6, 6.07) is 17.7. The average Bonchev–Trinajstić information content (AvgIpc) is 2.90. The third-order valence-electron chi connectivity index (χ3n) is 6.42. The maximum Gasteiger partial charge on any atom is 0.407 e. The molecule has 1 aliphatic rings. The van der Waals surface area contributed by atoms with Gasteiger partial charge in [0.2, 0.25) is 0 Å². The summed E-state index contributed by atoms with van der Waals surface area (Å²) in [4.78, 5) is 13.1. The zero-order valence-corrected chi connectivity index (χ0v) is 20.1. The van der Waals surface area contributed by atoms with Crippen LogP contribution in [0.3, 0.4) is 0 Å². The Hall–Kier alpha value is -3.71. The number of rotatable bonds is 9. The van der Waals surface area contributed by atoms with Crippen molar-refractivity contribution in [2.24, 2.45) is 0 Å². The van der Waals surface area contributed by atoms with E-state index in [1.165, 1.54) is 4.90 Å². The van der Waals surface area contributed by atoms with Crippen molar-refractivity contribution in [3.05, 3.63) is 78.4 Å². The van der Waals surface area contributed by atoms with E-state index < -0.39 is 6.09 Å². The van der Waals surface area contributed by atoms with Gasteiger partial charge in [-0.1, -0.05) is 49.1 Å². The van der Waals surface area contributed by atoms with Gasteiger partial charge in [-0.25, -0.2) is 4.79 Å². The Bertz CT molecular complexity index is 1180. The lowest BCUT2D eigenvalue weighted by atomic mass is 9.87. The first-order valence-corrected chi connectivity index (χ1v) is 11.6. The van der Waals surface area contributed by atoms with Gasteiger partial charge in [0.15, 0.2) is 0 Å². The van der Waals surface area contributed by atoms with Gasteiger partial charge >= 0.3 is 6.09 Å². The van der Waals surface area contributed by atoms with E-state index in [2.05, 4.69) is 6.58 Å². The summed E-state index contributed by atoms with van der Waals surface area (Å²) in [6.07, 6.45) is 1.12. The molecule has 3 aromatic rings. The average molecular weight is 478 g/mol. The van der Waals surface area contributed by atoms with Crippen LogP contribution in [0.2, 0.25) is 0 Å². The quantitative estimate of drug-likeness (QED) is 0.412. The second-order valence-corrected chi connectivity index (χ2v) is 8.46. The topological polar surface area (TPSA) is 77.5 Å². The fraction of sp³-hybridized carbons (Fsp3) is 0.321. The minimum atomic E-state index is -0.935. The molecular formula is C28H31NO6. The predicted molar refractivity (Wildman–Crippen MR) is 135 cm³/mol. The number of carboxylic acid groups (broad SMARTS) is 1. The van der Waals surface area contributed by atoms with Crippen molar-refractivity contribution >= 4 is 16.9 Å². The third-order valence-corrected chi connectivity index (χ3v) is 6.42. The van der Waals surface area contributed by atoms with Crippen LogP contribution in [0.15, 0.2) is 67.3 Å². The molecule has 2 unspecified atom stereocenters. The molecule has 1 amide bonds. The zero-order valence-electron chi connectivity index (χ0n) is 20.1. The molecule has 0 radical (unpaired) electrons. The molecule has 35 heavy (non-hydrogen) atoms. The number of methoxy groups -OCH3 is 2. The summed E-state index contributed by atoms with van der Waals surface area (Å²) >= 11 is 0. The number of carbonyl (C=O) groups is 1. The Labute approximate surface area is 205 Å². The van der Waals surface area contributed by atoms with E-state index in [9.17, 15) is 9.90 Å². The molecule has 1 aliphatic heterocycles. The maximum absolute atomic E-state index is 11.7. The Morgan fingerprint density at radius 3 is 2.51 bits per heavy atom. The Morgan fingerprint density at radius 1 is 1.11 bits per heavy atom. The fourth-order valence-corrected chi connectivity index (χ4v) is 4.69. The highest BCUT2D eigenvalue weighted by Gasteiger charge is 2.33. The molecule has 184 valence electrons. The van der Waals surface area contributed by atoms with Gasteiger partial charge in [0, 0.05) is 28.8 Å². The van der Waals surface area contributed by atoms with Crippen molar-refractivity contribution in [1.29, 1.82) is 0 Å². The summed E-state index contributed by atoms with van der Waals surface area (Å²) in [5.41, 5.74) is 1.94. The molecule has 0 spiro atoms. The van der Waals surface area contributed by atoms with Gasteiger partial charge < -0.3 is 29.0 Å². The van der Waals surface area contributed by atoms with Crippen molar-refractivity contribution in [3.8, 4) is 17.2 Å². The van der Waals surface area contributed by atoms with Gasteiger partial charge in [0.1, 0.15) is 23.9 Å². The second-order valence-electron chi connectivity index (χ2n) is 8.46. The summed E-state index contributed by atoms with van der Waals surface area (Å²) in [5, 5.41) is 11.5. The van der Waals surface area contributed by atoms with Crippen LogP contribution in [0.5, 0.6) is 17.2 Å². The van der Waals surface area contributed by atoms with E-state index in [-0.39, 0.29) is 18.6 Å². The molecule has 1 saturated heterocycles. The summed E-state index contributed by atoms with van der Waals surface area (Å²) in [5.74, 6) is 2.28. The van der Waals surface area contributed by atoms with Gasteiger partial charge in [0.25, 0.3) is 0 Å². The number of nitrogens with zero attached hydrogens (tertiary/aromatic N) is 1. The lowest BCUT2D eigenvalue weighted by Gasteiger charge is -2.37. The van der Waals surface area contributed by atoms with E-state index in [1.807, 2.05) is 54.6 Å². The van der Waals surface area contributed by atoms with Crippen LogP contribution in [0.4, 0.5) is 4.79 Å². The molecule has 3 aromatic carbocycles. The molecule has 0 bridgehead atoms. The van der Waals surface area contributed by atoms with Gasteiger partial charge in [-0.15, -0.1) is 0 Å². The molecule has 7 nitrogen and oxygen atoms in total. The summed E-state index contributed by atoms with van der Waals surface area (Å²) in [6.45, 7) is 5.13. The minimum Gasteiger partial charge on any atom is -0.496 e. The molecule has 0 saturated carbocycles. The van der Waals surface area contributed by atoms with Crippen molar-refractivity contribution < 1.29 is 28.8 Å². The Morgan fingerprint density at radius 2 is 1.86 bits per heavy atom. The molecular weight excluding hydrogens is 446 g/mol. The van der Waals surface area contributed by atoms with Crippen LogP contribution in [0.25, 0.3) is 10.8 Å². The predicted octanol–water partition coefficient (Wildman–Crippen LogP) is 5.47. The maximum atomic E-state index is 11.7. The van der Waals surface area contributed by atoms with E-state index in [0.717, 1.165) is 39.1 Å². The molecule has 0 aliphatic carbocycles. The van der Waals surface area contributed by atoms with E-state index >= 15 is 0 Å². The van der Waals surface area contributed by atoms with Crippen LogP contribution in [-0.2, 0) is 11.3 Å². The van der Waals surface area contributed by atoms with Crippen LogP contribution in [-0.4, -0.2) is 56.1 Å². The van der Waals surface area contributed by atoms with Crippen molar-refractivity contribution in [2.75, 3.05) is 33.9 Å². The van der Waals surface area contributed by atoms with Gasteiger partial charge in [-0.05, 0) is 30.2 Å². The number of hydrogen-bond donors (Lipinski definition) is 1. The second kappa shape index (κ2) is 11.1. The first-order valence-electron chi connectivity index (χ1n) is 11.6. The van der Waals surface area contributed by atoms with Crippen LogP contribution in [0.1, 0.15) is 23.5 Å². The van der Waals surface area contributed by atoms with E-state index in [4.69, 9.17) is 18.9 Å². The van der Waals surface area contributed by atoms with Crippen molar-refractivity contribution in [3.63, 3.8) is 0 Å².